The average molecular weight is 293 g/mol. The van der Waals surface area contributed by atoms with Gasteiger partial charge in [0.15, 0.2) is 11.5 Å². The lowest BCUT2D eigenvalue weighted by atomic mass is 9.93. The SMILES string of the molecule is COc1cc(CNC(C)(C)C)ccc1OCCC(C)(C)C. The molecule has 0 amide bonds. The predicted octanol–water partition coefficient (Wildman–Crippen LogP) is 4.40. The van der Waals surface area contributed by atoms with Gasteiger partial charge < -0.3 is 14.8 Å². The highest BCUT2D eigenvalue weighted by atomic mass is 16.5. The van der Waals surface area contributed by atoms with Gasteiger partial charge in [-0.1, -0.05) is 26.8 Å². The van der Waals surface area contributed by atoms with Crippen LogP contribution < -0.4 is 14.8 Å². The molecule has 1 rings (SSSR count). The van der Waals surface area contributed by atoms with Crippen molar-refractivity contribution in [1.82, 2.24) is 5.32 Å². The highest BCUT2D eigenvalue weighted by molar-refractivity contribution is 5.43. The third-order valence-electron chi connectivity index (χ3n) is 3.16. The first-order chi connectivity index (χ1) is 9.61. The van der Waals surface area contributed by atoms with Gasteiger partial charge in [0, 0.05) is 12.1 Å². The maximum Gasteiger partial charge on any atom is 0.161 e. The van der Waals surface area contributed by atoms with Crippen LogP contribution in [-0.2, 0) is 6.54 Å². The first-order valence-electron chi connectivity index (χ1n) is 7.65. The largest absolute Gasteiger partial charge is 0.493 e. The molecule has 3 nitrogen and oxygen atoms in total. The quantitative estimate of drug-likeness (QED) is 0.843. The Balaban J connectivity index is 2.66. The van der Waals surface area contributed by atoms with Gasteiger partial charge in [-0.25, -0.2) is 0 Å². The molecule has 0 heterocycles. The van der Waals surface area contributed by atoms with E-state index in [1.165, 1.54) is 5.56 Å². The average Bonchev–Trinajstić information content (AvgIpc) is 2.35. The molecule has 0 saturated carbocycles. The second kappa shape index (κ2) is 7.17. The summed E-state index contributed by atoms with van der Waals surface area (Å²) in [6, 6.07) is 6.14. The van der Waals surface area contributed by atoms with Gasteiger partial charge >= 0.3 is 0 Å². The van der Waals surface area contributed by atoms with E-state index in [2.05, 4.69) is 52.9 Å². The van der Waals surface area contributed by atoms with Crippen molar-refractivity contribution in [3.8, 4) is 11.5 Å². The Hall–Kier alpha value is -1.22. The van der Waals surface area contributed by atoms with Crippen molar-refractivity contribution in [3.63, 3.8) is 0 Å². The fourth-order valence-electron chi connectivity index (χ4n) is 1.78. The lowest BCUT2D eigenvalue weighted by Crippen LogP contribution is -2.35. The third-order valence-corrected chi connectivity index (χ3v) is 3.16. The summed E-state index contributed by atoms with van der Waals surface area (Å²) in [5.41, 5.74) is 1.59. The number of rotatable bonds is 6. The number of ether oxygens (including phenoxy) is 2. The van der Waals surface area contributed by atoms with Gasteiger partial charge in [0.1, 0.15) is 0 Å². The van der Waals surface area contributed by atoms with E-state index in [4.69, 9.17) is 9.47 Å². The summed E-state index contributed by atoms with van der Waals surface area (Å²) >= 11 is 0. The van der Waals surface area contributed by atoms with Gasteiger partial charge in [-0.3, -0.25) is 0 Å². The topological polar surface area (TPSA) is 30.5 Å². The van der Waals surface area contributed by atoms with Crippen LogP contribution in [0.4, 0.5) is 0 Å². The number of hydrogen-bond acceptors (Lipinski definition) is 3. The number of hydrogen-bond donors (Lipinski definition) is 1. The van der Waals surface area contributed by atoms with E-state index in [0.29, 0.717) is 6.61 Å². The van der Waals surface area contributed by atoms with E-state index in [-0.39, 0.29) is 11.0 Å². The maximum atomic E-state index is 5.86. The summed E-state index contributed by atoms with van der Waals surface area (Å²) in [4.78, 5) is 0. The minimum absolute atomic E-state index is 0.106. The Morgan fingerprint density at radius 1 is 1.00 bits per heavy atom. The van der Waals surface area contributed by atoms with Crippen LogP contribution in [0.2, 0.25) is 0 Å². The van der Waals surface area contributed by atoms with Crippen molar-refractivity contribution in [2.45, 2.75) is 60.0 Å². The molecular weight excluding hydrogens is 262 g/mol. The molecule has 1 aromatic rings. The van der Waals surface area contributed by atoms with Gasteiger partial charge in [0.2, 0.25) is 0 Å². The molecular formula is C18H31NO2. The Bertz CT molecular complexity index is 442. The zero-order valence-electron chi connectivity index (χ0n) is 14.7. The molecule has 3 heteroatoms. The lowest BCUT2D eigenvalue weighted by Gasteiger charge is -2.21. The van der Waals surface area contributed by atoms with E-state index in [1.54, 1.807) is 7.11 Å². The van der Waals surface area contributed by atoms with E-state index >= 15 is 0 Å². The third kappa shape index (κ3) is 7.37. The zero-order chi connectivity index (χ0) is 16.1. The van der Waals surface area contributed by atoms with Crippen LogP contribution in [0.5, 0.6) is 11.5 Å². The first kappa shape index (κ1) is 17.8. The fourth-order valence-corrected chi connectivity index (χ4v) is 1.78. The molecule has 0 unspecified atom stereocenters. The molecule has 1 N–H and O–H groups in total. The van der Waals surface area contributed by atoms with Crippen molar-refractivity contribution in [2.24, 2.45) is 5.41 Å². The summed E-state index contributed by atoms with van der Waals surface area (Å²) in [6.45, 7) is 14.7. The maximum absolute atomic E-state index is 5.86. The number of benzene rings is 1. The van der Waals surface area contributed by atoms with Crippen molar-refractivity contribution >= 4 is 0 Å². The number of methoxy groups -OCH3 is 1. The molecule has 0 aliphatic carbocycles. The summed E-state index contributed by atoms with van der Waals surface area (Å²) < 4.78 is 11.3. The molecule has 0 aliphatic heterocycles. The minimum Gasteiger partial charge on any atom is -0.493 e. The second-order valence-electron chi connectivity index (χ2n) is 7.75. The predicted molar refractivity (Wildman–Crippen MR) is 89.2 cm³/mol. The van der Waals surface area contributed by atoms with Crippen molar-refractivity contribution in [3.05, 3.63) is 23.8 Å². The van der Waals surface area contributed by atoms with Gasteiger partial charge in [-0.05, 0) is 50.3 Å². The van der Waals surface area contributed by atoms with Gasteiger partial charge in [-0.2, -0.15) is 0 Å². The fraction of sp³-hybridized carbons (Fsp3) is 0.667. The molecule has 0 aliphatic rings. The van der Waals surface area contributed by atoms with Crippen LogP contribution in [0.15, 0.2) is 18.2 Å². The summed E-state index contributed by atoms with van der Waals surface area (Å²) in [5.74, 6) is 1.62. The van der Waals surface area contributed by atoms with Crippen LogP contribution in [0.3, 0.4) is 0 Å². The van der Waals surface area contributed by atoms with Crippen molar-refractivity contribution < 1.29 is 9.47 Å². The van der Waals surface area contributed by atoms with Crippen molar-refractivity contribution in [1.29, 1.82) is 0 Å². The summed E-state index contributed by atoms with van der Waals surface area (Å²) in [5, 5.41) is 3.48. The van der Waals surface area contributed by atoms with Crippen molar-refractivity contribution in [2.75, 3.05) is 13.7 Å². The summed E-state index contributed by atoms with van der Waals surface area (Å²) in [7, 11) is 1.69. The minimum atomic E-state index is 0.106. The van der Waals surface area contributed by atoms with Gasteiger partial charge in [-0.15, -0.1) is 0 Å². The normalized spacial score (nSPS) is 12.3. The van der Waals surface area contributed by atoms with Gasteiger partial charge in [0.05, 0.1) is 13.7 Å². The van der Waals surface area contributed by atoms with E-state index in [1.807, 2.05) is 12.1 Å². The zero-order valence-corrected chi connectivity index (χ0v) is 14.7. The molecule has 0 radical (unpaired) electrons. The standard InChI is InChI=1S/C18H31NO2/c1-17(2,3)10-11-21-15-9-8-14(12-16(15)20-7)13-19-18(4,5)6/h8-9,12,19H,10-11,13H2,1-7H3. The Kier molecular flexibility index (Phi) is 6.09. The molecule has 21 heavy (non-hydrogen) atoms. The van der Waals surface area contributed by atoms with E-state index < -0.39 is 0 Å². The molecule has 0 atom stereocenters. The first-order valence-corrected chi connectivity index (χ1v) is 7.65. The van der Waals surface area contributed by atoms with Crippen LogP contribution >= 0.6 is 0 Å². The molecule has 120 valence electrons. The van der Waals surface area contributed by atoms with Gasteiger partial charge in [0.25, 0.3) is 0 Å². The van der Waals surface area contributed by atoms with E-state index in [0.717, 1.165) is 24.5 Å². The highest BCUT2D eigenvalue weighted by Crippen LogP contribution is 2.29. The Morgan fingerprint density at radius 2 is 1.67 bits per heavy atom. The molecule has 0 fully saturated rings. The molecule has 0 aromatic heterocycles. The van der Waals surface area contributed by atoms with E-state index in [9.17, 15) is 0 Å². The molecule has 0 bridgehead atoms. The Morgan fingerprint density at radius 3 is 2.19 bits per heavy atom. The Labute approximate surface area is 130 Å². The lowest BCUT2D eigenvalue weighted by molar-refractivity contribution is 0.234. The number of nitrogens with one attached hydrogen (secondary N) is 1. The molecule has 1 aromatic carbocycles. The van der Waals surface area contributed by atoms with Crippen LogP contribution in [-0.4, -0.2) is 19.3 Å². The van der Waals surface area contributed by atoms with Crippen LogP contribution in [0.1, 0.15) is 53.5 Å². The monoisotopic (exact) mass is 293 g/mol. The van der Waals surface area contributed by atoms with Crippen LogP contribution in [0, 0.1) is 5.41 Å². The van der Waals surface area contributed by atoms with Crippen LogP contribution in [0.25, 0.3) is 0 Å². The summed E-state index contributed by atoms with van der Waals surface area (Å²) in [6.07, 6.45) is 1.02. The smallest absolute Gasteiger partial charge is 0.161 e. The highest BCUT2D eigenvalue weighted by Gasteiger charge is 2.13. The molecule has 0 saturated heterocycles. The second-order valence-corrected chi connectivity index (χ2v) is 7.75. The molecule has 0 spiro atoms.